The number of aryl methyl sites for hydroxylation is 1. The highest BCUT2D eigenvalue weighted by Gasteiger charge is 2.13. The Labute approximate surface area is 185 Å². The average molecular weight is 440 g/mol. The number of thiazole rings is 1. The molecule has 0 saturated heterocycles. The van der Waals surface area contributed by atoms with Crippen LogP contribution in [-0.2, 0) is 5.75 Å². The summed E-state index contributed by atoms with van der Waals surface area (Å²) in [6.07, 6.45) is 0. The van der Waals surface area contributed by atoms with Crippen molar-refractivity contribution >= 4 is 40.6 Å². The van der Waals surface area contributed by atoms with Crippen molar-refractivity contribution in [3.8, 4) is 0 Å². The highest BCUT2D eigenvalue weighted by atomic mass is 32.2. The third kappa shape index (κ3) is 5.70. The summed E-state index contributed by atoms with van der Waals surface area (Å²) < 4.78 is 1.05. The van der Waals surface area contributed by atoms with Crippen LogP contribution in [0.2, 0.25) is 0 Å². The number of anilines is 1. The summed E-state index contributed by atoms with van der Waals surface area (Å²) in [4.78, 5) is 31.1. The average Bonchev–Trinajstić information content (AvgIpc) is 3.19. The van der Waals surface area contributed by atoms with Crippen molar-refractivity contribution < 1.29 is 9.59 Å². The van der Waals surface area contributed by atoms with Crippen molar-refractivity contribution in [3.05, 3.63) is 76.3 Å². The van der Waals surface area contributed by atoms with Gasteiger partial charge in [0.1, 0.15) is 4.34 Å². The molecule has 1 heterocycles. The third-order valence-corrected chi connectivity index (χ3v) is 6.83. The summed E-state index contributed by atoms with van der Waals surface area (Å²) in [5.41, 5.74) is 4.06. The van der Waals surface area contributed by atoms with Gasteiger partial charge in [-0.05, 0) is 62.7 Å². The Morgan fingerprint density at radius 1 is 1.00 bits per heavy atom. The second-order valence-corrected chi connectivity index (χ2v) is 8.83. The highest BCUT2D eigenvalue weighted by molar-refractivity contribution is 8.00. The van der Waals surface area contributed by atoms with Crippen molar-refractivity contribution in [3.63, 3.8) is 0 Å². The molecule has 156 valence electrons. The minimum absolute atomic E-state index is 0.000700. The lowest BCUT2D eigenvalue weighted by Gasteiger charge is -2.18. The summed E-state index contributed by atoms with van der Waals surface area (Å²) in [7, 11) is 0. The number of thioether (sulfide) groups is 1. The second-order valence-electron chi connectivity index (χ2n) is 6.75. The molecule has 7 heteroatoms. The normalized spacial score (nSPS) is 10.6. The highest BCUT2D eigenvalue weighted by Crippen LogP contribution is 2.26. The van der Waals surface area contributed by atoms with E-state index in [4.69, 9.17) is 0 Å². The molecule has 1 aromatic heterocycles. The monoisotopic (exact) mass is 439 g/mol. The lowest BCUT2D eigenvalue weighted by molar-refractivity contribution is 0.0773. The first-order valence-corrected chi connectivity index (χ1v) is 11.7. The van der Waals surface area contributed by atoms with Crippen LogP contribution < -0.4 is 5.32 Å². The molecule has 0 saturated carbocycles. The van der Waals surface area contributed by atoms with Gasteiger partial charge in [0.2, 0.25) is 0 Å². The van der Waals surface area contributed by atoms with Crippen LogP contribution in [0.4, 0.5) is 5.69 Å². The molecule has 2 amide bonds. The van der Waals surface area contributed by atoms with Gasteiger partial charge in [-0.1, -0.05) is 23.9 Å². The van der Waals surface area contributed by atoms with Crippen molar-refractivity contribution in [2.45, 2.75) is 30.9 Å². The molecule has 2 aromatic carbocycles. The van der Waals surface area contributed by atoms with Gasteiger partial charge >= 0.3 is 0 Å². The fourth-order valence-electron chi connectivity index (χ4n) is 2.89. The maximum atomic E-state index is 12.5. The van der Waals surface area contributed by atoms with E-state index in [0.717, 1.165) is 21.3 Å². The third-order valence-electron chi connectivity index (χ3n) is 4.62. The number of amides is 2. The minimum atomic E-state index is -0.174. The van der Waals surface area contributed by atoms with Gasteiger partial charge in [0.25, 0.3) is 11.8 Å². The molecular weight excluding hydrogens is 414 g/mol. The maximum Gasteiger partial charge on any atom is 0.255 e. The van der Waals surface area contributed by atoms with E-state index in [0.29, 0.717) is 29.9 Å². The molecule has 0 bridgehead atoms. The fourth-order valence-corrected chi connectivity index (χ4v) is 4.69. The van der Waals surface area contributed by atoms with Gasteiger partial charge in [-0.15, -0.1) is 11.3 Å². The topological polar surface area (TPSA) is 62.3 Å². The number of carbonyl (C=O) groups excluding carboxylic acids is 2. The Balaban J connectivity index is 1.57. The van der Waals surface area contributed by atoms with Crippen molar-refractivity contribution in [2.24, 2.45) is 0 Å². The van der Waals surface area contributed by atoms with E-state index in [1.165, 1.54) is 0 Å². The molecule has 0 aliphatic rings. The van der Waals surface area contributed by atoms with Crippen LogP contribution in [0, 0.1) is 6.92 Å². The zero-order valence-corrected chi connectivity index (χ0v) is 19.0. The van der Waals surface area contributed by atoms with E-state index >= 15 is 0 Å². The summed E-state index contributed by atoms with van der Waals surface area (Å²) >= 11 is 3.34. The summed E-state index contributed by atoms with van der Waals surface area (Å²) in [5.74, 6) is 0.642. The molecule has 30 heavy (non-hydrogen) atoms. The summed E-state index contributed by atoms with van der Waals surface area (Å²) in [6.45, 7) is 7.25. The first-order chi connectivity index (χ1) is 14.5. The van der Waals surface area contributed by atoms with Crippen LogP contribution in [0.5, 0.6) is 0 Å². The molecule has 0 radical (unpaired) electrons. The Bertz CT molecular complexity index is 994. The number of rotatable bonds is 8. The van der Waals surface area contributed by atoms with Crippen LogP contribution >= 0.6 is 23.1 Å². The Morgan fingerprint density at radius 2 is 1.63 bits per heavy atom. The molecule has 0 aliphatic carbocycles. The van der Waals surface area contributed by atoms with Crippen LogP contribution in [0.1, 0.15) is 45.8 Å². The number of nitrogens with zero attached hydrogens (tertiary/aromatic N) is 2. The van der Waals surface area contributed by atoms with E-state index < -0.39 is 0 Å². The van der Waals surface area contributed by atoms with Crippen molar-refractivity contribution in [1.29, 1.82) is 0 Å². The molecule has 0 aliphatic heterocycles. The predicted octanol–water partition coefficient (Wildman–Crippen LogP) is 5.48. The first-order valence-electron chi connectivity index (χ1n) is 9.84. The summed E-state index contributed by atoms with van der Waals surface area (Å²) in [5, 5.41) is 4.93. The number of hydrogen-bond acceptors (Lipinski definition) is 5. The zero-order chi connectivity index (χ0) is 21.5. The van der Waals surface area contributed by atoms with E-state index in [2.05, 4.69) is 10.3 Å². The maximum absolute atomic E-state index is 12.5. The lowest BCUT2D eigenvalue weighted by atomic mass is 10.1. The summed E-state index contributed by atoms with van der Waals surface area (Å²) in [6, 6.07) is 14.6. The van der Waals surface area contributed by atoms with Gasteiger partial charge in [0.15, 0.2) is 0 Å². The number of carbonyl (C=O) groups is 2. The van der Waals surface area contributed by atoms with Crippen molar-refractivity contribution in [2.75, 3.05) is 18.4 Å². The van der Waals surface area contributed by atoms with Gasteiger partial charge in [0.05, 0.1) is 0 Å². The first kappa shape index (κ1) is 22.1. The van der Waals surface area contributed by atoms with Crippen molar-refractivity contribution in [1.82, 2.24) is 9.88 Å². The van der Waals surface area contributed by atoms with Crippen LogP contribution in [-0.4, -0.2) is 34.8 Å². The number of hydrogen-bond donors (Lipinski definition) is 1. The van der Waals surface area contributed by atoms with Gasteiger partial charge in [-0.25, -0.2) is 4.98 Å². The van der Waals surface area contributed by atoms with Gasteiger partial charge in [-0.2, -0.15) is 0 Å². The molecule has 0 spiro atoms. The molecule has 3 rings (SSSR count). The quantitative estimate of drug-likeness (QED) is 0.472. The van der Waals surface area contributed by atoms with Gasteiger partial charge in [-0.3, -0.25) is 9.59 Å². The number of nitrogens with one attached hydrogen (secondary N) is 1. The molecule has 0 unspecified atom stereocenters. The largest absolute Gasteiger partial charge is 0.339 e. The predicted molar refractivity (Wildman–Crippen MR) is 125 cm³/mol. The molecule has 3 aromatic rings. The van der Waals surface area contributed by atoms with Gasteiger partial charge < -0.3 is 10.2 Å². The zero-order valence-electron chi connectivity index (χ0n) is 17.3. The van der Waals surface area contributed by atoms with Crippen LogP contribution in [0.15, 0.2) is 58.3 Å². The smallest absolute Gasteiger partial charge is 0.255 e. The number of aromatic nitrogens is 1. The van der Waals surface area contributed by atoms with Crippen LogP contribution in [0.25, 0.3) is 0 Å². The number of benzene rings is 2. The van der Waals surface area contributed by atoms with E-state index in [9.17, 15) is 9.59 Å². The second kappa shape index (κ2) is 10.4. The lowest BCUT2D eigenvalue weighted by Crippen LogP contribution is -2.30. The Kier molecular flexibility index (Phi) is 7.65. The Hall–Kier alpha value is -2.64. The van der Waals surface area contributed by atoms with Gasteiger partial charge in [0, 0.05) is 46.7 Å². The Morgan fingerprint density at radius 3 is 2.20 bits per heavy atom. The molecule has 1 N–H and O–H groups in total. The van der Waals surface area contributed by atoms with Crippen LogP contribution in [0.3, 0.4) is 0 Å². The SMILES string of the molecule is CCN(CC)C(=O)c1ccc(NC(=O)c2ccc(CSc3nc(C)cs3)cc2)cc1. The van der Waals surface area contributed by atoms with E-state index in [1.807, 2.05) is 50.4 Å². The molecular formula is C23H25N3O2S2. The molecule has 0 fully saturated rings. The molecule has 5 nitrogen and oxygen atoms in total. The van der Waals surface area contributed by atoms with E-state index in [-0.39, 0.29) is 11.8 Å². The van der Waals surface area contributed by atoms with E-state index in [1.54, 1.807) is 52.3 Å². The minimum Gasteiger partial charge on any atom is -0.339 e. The molecule has 0 atom stereocenters. The fraction of sp³-hybridized carbons (Fsp3) is 0.261. The standard InChI is InChI=1S/C23H25N3O2S2/c1-4-26(5-2)22(28)19-10-12-20(13-11-19)25-21(27)18-8-6-17(7-9-18)15-30-23-24-16(3)14-29-23/h6-14H,4-5,15H2,1-3H3,(H,25,27).